The highest BCUT2D eigenvalue weighted by Gasteiger charge is 2.34. The van der Waals surface area contributed by atoms with E-state index in [4.69, 9.17) is 23.8 Å². The molecule has 156 valence electrons. The van der Waals surface area contributed by atoms with Gasteiger partial charge in [-0.1, -0.05) is 33.6 Å². The molecule has 1 N–H and O–H groups in total. The van der Waals surface area contributed by atoms with Gasteiger partial charge in [0.15, 0.2) is 5.11 Å². The summed E-state index contributed by atoms with van der Waals surface area (Å²) in [5.41, 5.74) is 4.16. The predicted molar refractivity (Wildman–Crippen MR) is 131 cm³/mol. The van der Waals surface area contributed by atoms with Gasteiger partial charge < -0.3 is 4.57 Å². The molecular weight excluding hydrogens is 498 g/mol. The molecule has 1 saturated heterocycles. The normalized spacial score (nSPS) is 15.5. The predicted octanol–water partition coefficient (Wildman–Crippen LogP) is 5.34. The van der Waals surface area contributed by atoms with E-state index in [1.165, 1.54) is 4.90 Å². The number of benzene rings is 2. The first kappa shape index (κ1) is 21.5. The maximum Gasteiger partial charge on any atom is 0.270 e. The average Bonchev–Trinajstić information content (AvgIpc) is 2.99. The Labute approximate surface area is 198 Å². The van der Waals surface area contributed by atoms with Crippen molar-refractivity contribution in [3.8, 4) is 5.69 Å². The van der Waals surface area contributed by atoms with E-state index in [0.717, 1.165) is 27.1 Å². The van der Waals surface area contributed by atoms with Crippen molar-refractivity contribution < 1.29 is 9.59 Å². The average molecular weight is 515 g/mol. The van der Waals surface area contributed by atoms with Crippen LogP contribution in [0.15, 0.2) is 64.6 Å². The van der Waals surface area contributed by atoms with Crippen molar-refractivity contribution >= 4 is 68.4 Å². The van der Waals surface area contributed by atoms with Crippen LogP contribution in [0.5, 0.6) is 0 Å². The number of aryl methyl sites for hydroxylation is 1. The van der Waals surface area contributed by atoms with Crippen LogP contribution in [0.25, 0.3) is 11.8 Å². The molecule has 1 aliphatic rings. The van der Waals surface area contributed by atoms with E-state index >= 15 is 0 Å². The SMILES string of the molecule is Cc1cc(C=C2C(=O)NC(=S)N(c3cccc(Cl)c3)C2=O)c(C)n1-c1ccc(Br)cc1. The van der Waals surface area contributed by atoms with E-state index in [-0.39, 0.29) is 10.7 Å². The van der Waals surface area contributed by atoms with E-state index in [0.29, 0.717) is 10.7 Å². The van der Waals surface area contributed by atoms with Crippen LogP contribution in [0.4, 0.5) is 5.69 Å². The Hall–Kier alpha value is -2.74. The van der Waals surface area contributed by atoms with E-state index in [1.54, 1.807) is 30.3 Å². The van der Waals surface area contributed by atoms with E-state index < -0.39 is 11.8 Å². The van der Waals surface area contributed by atoms with Crippen molar-refractivity contribution in [2.24, 2.45) is 0 Å². The number of thiocarbonyl (C=S) groups is 1. The van der Waals surface area contributed by atoms with Crippen molar-refractivity contribution in [1.29, 1.82) is 0 Å². The number of aromatic nitrogens is 1. The maximum absolute atomic E-state index is 13.2. The number of amides is 2. The van der Waals surface area contributed by atoms with Crippen LogP contribution >= 0.6 is 39.7 Å². The summed E-state index contributed by atoms with van der Waals surface area (Å²) in [6.07, 6.45) is 1.61. The zero-order valence-electron chi connectivity index (χ0n) is 16.6. The van der Waals surface area contributed by atoms with Gasteiger partial charge in [-0.2, -0.15) is 0 Å². The van der Waals surface area contributed by atoms with Crippen LogP contribution in [-0.4, -0.2) is 21.5 Å². The van der Waals surface area contributed by atoms with Crippen LogP contribution in [0.2, 0.25) is 5.02 Å². The fraction of sp³-hybridized carbons (Fsp3) is 0.0870. The van der Waals surface area contributed by atoms with Gasteiger partial charge in [0.1, 0.15) is 5.57 Å². The highest BCUT2D eigenvalue weighted by molar-refractivity contribution is 9.10. The number of hydrogen-bond acceptors (Lipinski definition) is 3. The summed E-state index contributed by atoms with van der Waals surface area (Å²) in [5, 5.41) is 3.09. The molecule has 0 unspecified atom stereocenters. The summed E-state index contributed by atoms with van der Waals surface area (Å²) in [5.74, 6) is -1.02. The van der Waals surface area contributed by atoms with Gasteiger partial charge in [0, 0.05) is 26.6 Å². The molecule has 31 heavy (non-hydrogen) atoms. The van der Waals surface area contributed by atoms with Crippen molar-refractivity contribution in [3.63, 3.8) is 0 Å². The monoisotopic (exact) mass is 513 g/mol. The number of rotatable bonds is 3. The van der Waals surface area contributed by atoms with Gasteiger partial charge >= 0.3 is 0 Å². The molecule has 5 nitrogen and oxygen atoms in total. The molecule has 0 radical (unpaired) electrons. The fourth-order valence-corrected chi connectivity index (χ4v) is 4.31. The van der Waals surface area contributed by atoms with Crippen LogP contribution in [-0.2, 0) is 9.59 Å². The molecule has 2 amide bonds. The Bertz CT molecular complexity index is 1260. The molecule has 0 atom stereocenters. The van der Waals surface area contributed by atoms with Crippen molar-refractivity contribution in [2.45, 2.75) is 13.8 Å². The maximum atomic E-state index is 13.2. The Balaban J connectivity index is 1.76. The van der Waals surface area contributed by atoms with E-state index in [2.05, 4.69) is 25.8 Å². The number of carbonyl (C=O) groups excluding carboxylic acids is 2. The molecule has 2 aromatic carbocycles. The largest absolute Gasteiger partial charge is 0.318 e. The van der Waals surface area contributed by atoms with Gasteiger partial charge in [-0.05, 0) is 86.2 Å². The lowest BCUT2D eigenvalue weighted by atomic mass is 10.1. The molecule has 1 aromatic heterocycles. The molecular formula is C23H17BrClN3O2S. The molecule has 3 aromatic rings. The lowest BCUT2D eigenvalue weighted by Gasteiger charge is -2.29. The van der Waals surface area contributed by atoms with Crippen LogP contribution in [0.1, 0.15) is 17.0 Å². The molecule has 0 bridgehead atoms. The molecule has 0 aliphatic carbocycles. The van der Waals surface area contributed by atoms with Gasteiger partial charge in [0.25, 0.3) is 11.8 Å². The van der Waals surface area contributed by atoms with Gasteiger partial charge in [-0.25, -0.2) is 0 Å². The van der Waals surface area contributed by atoms with Crippen molar-refractivity contribution in [3.05, 3.63) is 86.6 Å². The molecule has 2 heterocycles. The quantitative estimate of drug-likeness (QED) is 0.292. The summed E-state index contributed by atoms with van der Waals surface area (Å²) in [7, 11) is 0. The number of carbonyl (C=O) groups is 2. The minimum absolute atomic E-state index is 0.00429. The first-order valence-corrected chi connectivity index (χ1v) is 11.0. The third-order valence-electron chi connectivity index (χ3n) is 5.02. The lowest BCUT2D eigenvalue weighted by Crippen LogP contribution is -2.54. The number of anilines is 1. The second kappa shape index (κ2) is 8.42. The third kappa shape index (κ3) is 4.08. The highest BCUT2D eigenvalue weighted by Crippen LogP contribution is 2.27. The molecule has 1 aliphatic heterocycles. The first-order valence-electron chi connectivity index (χ1n) is 9.38. The summed E-state index contributed by atoms with van der Waals surface area (Å²) in [4.78, 5) is 27.1. The fourth-order valence-electron chi connectivity index (χ4n) is 3.58. The summed E-state index contributed by atoms with van der Waals surface area (Å²) in [6.45, 7) is 3.93. The molecule has 0 spiro atoms. The second-order valence-electron chi connectivity index (χ2n) is 7.08. The molecule has 1 fully saturated rings. The topological polar surface area (TPSA) is 54.3 Å². The van der Waals surface area contributed by atoms with Gasteiger partial charge in [0.05, 0.1) is 5.69 Å². The number of nitrogens with zero attached hydrogens (tertiary/aromatic N) is 2. The number of halogens is 2. The summed E-state index contributed by atoms with van der Waals surface area (Å²) < 4.78 is 3.06. The number of hydrogen-bond donors (Lipinski definition) is 1. The molecule has 8 heteroatoms. The summed E-state index contributed by atoms with van der Waals surface area (Å²) >= 11 is 14.8. The Morgan fingerprint density at radius 2 is 1.74 bits per heavy atom. The highest BCUT2D eigenvalue weighted by atomic mass is 79.9. The molecule has 4 rings (SSSR count). The molecule has 0 saturated carbocycles. The minimum Gasteiger partial charge on any atom is -0.318 e. The zero-order chi connectivity index (χ0) is 22.3. The van der Waals surface area contributed by atoms with Crippen LogP contribution in [0.3, 0.4) is 0 Å². The van der Waals surface area contributed by atoms with E-state index in [1.807, 2.05) is 44.2 Å². The Kier molecular flexibility index (Phi) is 5.83. The smallest absolute Gasteiger partial charge is 0.270 e. The zero-order valence-corrected chi connectivity index (χ0v) is 19.8. The Morgan fingerprint density at radius 1 is 1.03 bits per heavy atom. The van der Waals surface area contributed by atoms with Gasteiger partial charge in [-0.15, -0.1) is 0 Å². The lowest BCUT2D eigenvalue weighted by molar-refractivity contribution is -0.122. The third-order valence-corrected chi connectivity index (χ3v) is 6.07. The second-order valence-corrected chi connectivity index (χ2v) is 8.81. The first-order chi connectivity index (χ1) is 14.8. The van der Waals surface area contributed by atoms with Crippen LogP contribution < -0.4 is 10.2 Å². The van der Waals surface area contributed by atoms with Crippen molar-refractivity contribution in [2.75, 3.05) is 4.90 Å². The van der Waals surface area contributed by atoms with E-state index in [9.17, 15) is 9.59 Å². The Morgan fingerprint density at radius 3 is 2.42 bits per heavy atom. The minimum atomic E-state index is -0.526. The number of nitrogens with one attached hydrogen (secondary N) is 1. The van der Waals surface area contributed by atoms with Gasteiger partial charge in [0.2, 0.25) is 0 Å². The van der Waals surface area contributed by atoms with Crippen molar-refractivity contribution in [1.82, 2.24) is 9.88 Å². The van der Waals surface area contributed by atoms with Crippen LogP contribution in [0, 0.1) is 13.8 Å². The van der Waals surface area contributed by atoms with Gasteiger partial charge in [-0.3, -0.25) is 19.8 Å². The standard InChI is InChI=1S/C23H17BrClN3O2S/c1-13-10-15(14(2)27(13)18-8-6-16(24)7-9-18)11-20-21(29)26-23(31)28(22(20)30)19-5-3-4-17(25)12-19/h3-12H,1-2H3,(H,26,29,31). The summed E-state index contributed by atoms with van der Waals surface area (Å²) in [6, 6.07) is 16.6.